The van der Waals surface area contributed by atoms with Crippen LogP contribution < -0.4 is 30.8 Å². The van der Waals surface area contributed by atoms with Crippen molar-refractivity contribution in [3.8, 4) is 0 Å². The first-order valence-electron chi connectivity index (χ1n) is 12.8. The summed E-state index contributed by atoms with van der Waals surface area (Å²) in [6, 6.07) is 23.8. The molecule has 0 N–H and O–H groups in total. The van der Waals surface area contributed by atoms with Crippen LogP contribution in [0.25, 0.3) is 43.1 Å². The highest BCUT2D eigenvalue weighted by molar-refractivity contribution is 7.87. The second-order valence-electron chi connectivity index (χ2n) is 9.83. The lowest BCUT2D eigenvalue weighted by Crippen LogP contribution is -2.36. The second kappa shape index (κ2) is 9.45. The van der Waals surface area contributed by atoms with Gasteiger partial charge in [0.15, 0.2) is 0 Å². The van der Waals surface area contributed by atoms with Gasteiger partial charge in [-0.25, -0.2) is 0 Å². The van der Waals surface area contributed by atoms with Crippen molar-refractivity contribution in [3.63, 3.8) is 0 Å². The van der Waals surface area contributed by atoms with E-state index in [2.05, 4.69) is 0 Å². The van der Waals surface area contributed by atoms with E-state index in [9.17, 15) is 36.0 Å². The van der Waals surface area contributed by atoms with Gasteiger partial charge in [-0.3, -0.25) is 27.7 Å². The molecule has 0 radical (unpaired) electrons. The molecule has 44 heavy (non-hydrogen) atoms. The van der Waals surface area contributed by atoms with E-state index in [-0.39, 0.29) is 19.3 Å². The standard InChI is InChI=1S/C30H16N2O10S2/c33-27-23-15-25-26(30(36)32(29(25)35)42-44(39,40)22-12-10-18-6-2-4-8-20(18)14-22)16-24(23)28(34)31(27)41-43(37,38)21-11-9-17-5-1-3-7-19(17)13-21/h1-16H. The van der Waals surface area contributed by atoms with Gasteiger partial charge in [0, 0.05) is 0 Å². The Morgan fingerprint density at radius 1 is 0.409 bits per heavy atom. The fraction of sp³-hybridized carbons (Fsp3) is 0. The minimum atomic E-state index is -4.67. The van der Waals surface area contributed by atoms with Crippen molar-refractivity contribution in [3.05, 3.63) is 138 Å². The van der Waals surface area contributed by atoms with Gasteiger partial charge >= 0.3 is 20.2 Å². The van der Waals surface area contributed by atoms with Crippen molar-refractivity contribution in [1.29, 1.82) is 0 Å². The third-order valence-electron chi connectivity index (χ3n) is 7.18. The maximum atomic E-state index is 13.1. The van der Waals surface area contributed by atoms with Crippen LogP contribution in [0.4, 0.5) is 0 Å². The van der Waals surface area contributed by atoms with Crippen LogP contribution in [0.5, 0.6) is 0 Å². The highest BCUT2D eigenvalue weighted by Gasteiger charge is 2.27. The predicted molar refractivity (Wildman–Crippen MR) is 160 cm³/mol. The van der Waals surface area contributed by atoms with Crippen molar-refractivity contribution >= 4 is 63.3 Å². The lowest BCUT2D eigenvalue weighted by molar-refractivity contribution is 0.263. The molecule has 0 fully saturated rings. The van der Waals surface area contributed by atoms with Gasteiger partial charge in [0.05, 0.1) is 21.5 Å². The first kappa shape index (κ1) is 27.2. The van der Waals surface area contributed by atoms with Crippen LogP contribution in [0.3, 0.4) is 0 Å². The molecular weight excluding hydrogens is 612 g/mol. The molecule has 14 heteroatoms. The molecule has 0 aliphatic carbocycles. The van der Waals surface area contributed by atoms with E-state index in [0.717, 1.165) is 22.9 Å². The minimum Gasteiger partial charge on any atom is -0.277 e. The maximum absolute atomic E-state index is 13.1. The first-order valence-corrected chi connectivity index (χ1v) is 15.6. The number of nitrogens with zero attached hydrogens (tertiary/aromatic N) is 2. The lowest BCUT2D eigenvalue weighted by Gasteiger charge is -2.06. The summed E-state index contributed by atoms with van der Waals surface area (Å²) in [6.45, 7) is 0. The van der Waals surface area contributed by atoms with E-state index in [1.165, 1.54) is 36.4 Å². The molecule has 0 spiro atoms. The van der Waals surface area contributed by atoms with Gasteiger partial charge in [0.25, 0.3) is 22.2 Å². The average Bonchev–Trinajstić information content (AvgIpc) is 3.38. The van der Waals surface area contributed by atoms with Gasteiger partial charge in [0.2, 0.25) is 0 Å². The molecule has 7 rings (SSSR count). The number of fused-ring (bicyclic) bond motifs is 4. The third-order valence-corrected chi connectivity index (χ3v) is 9.53. The van der Waals surface area contributed by atoms with E-state index in [0.29, 0.717) is 10.8 Å². The summed E-state index contributed by atoms with van der Waals surface area (Å²) in [5.41, 5.74) is -4.83. The zero-order valence-electron chi connectivity index (χ0n) is 22.0. The molecule has 0 aliphatic heterocycles. The Bertz CT molecular complexity index is 2520. The van der Waals surface area contributed by atoms with E-state index in [4.69, 9.17) is 8.57 Å². The van der Waals surface area contributed by atoms with Gasteiger partial charge in [-0.2, -0.15) is 16.8 Å². The van der Waals surface area contributed by atoms with Crippen molar-refractivity contribution in [2.24, 2.45) is 0 Å². The van der Waals surface area contributed by atoms with Crippen molar-refractivity contribution in [2.75, 3.05) is 0 Å². The summed E-state index contributed by atoms with van der Waals surface area (Å²) in [7, 11) is -9.33. The fourth-order valence-electron chi connectivity index (χ4n) is 4.99. The Labute approximate surface area is 246 Å². The van der Waals surface area contributed by atoms with Crippen LogP contribution in [0, 0.1) is 0 Å². The summed E-state index contributed by atoms with van der Waals surface area (Å²) >= 11 is 0. The third kappa shape index (κ3) is 4.19. The molecule has 218 valence electrons. The molecule has 0 saturated heterocycles. The molecule has 2 heterocycles. The number of rotatable bonds is 6. The molecule has 0 aliphatic rings. The molecule has 0 unspecified atom stereocenters. The molecule has 5 aromatic carbocycles. The minimum absolute atomic E-state index is 0.0256. The summed E-state index contributed by atoms with van der Waals surface area (Å²) in [4.78, 5) is 51.8. The zero-order chi connectivity index (χ0) is 31.0. The topological polar surface area (TPSA) is 165 Å². The highest BCUT2D eigenvalue weighted by Crippen LogP contribution is 2.21. The van der Waals surface area contributed by atoms with Crippen LogP contribution in [0.1, 0.15) is 0 Å². The largest absolute Gasteiger partial charge is 0.357 e. The van der Waals surface area contributed by atoms with Crippen LogP contribution in [0.15, 0.2) is 126 Å². The van der Waals surface area contributed by atoms with Gasteiger partial charge in [0.1, 0.15) is 9.79 Å². The summed E-state index contributed by atoms with van der Waals surface area (Å²) < 4.78 is 61.8. The van der Waals surface area contributed by atoms with Gasteiger partial charge < -0.3 is 0 Å². The fourth-order valence-corrected chi connectivity index (χ4v) is 6.84. The van der Waals surface area contributed by atoms with Crippen molar-refractivity contribution in [2.45, 2.75) is 9.79 Å². The number of hydrogen-bond acceptors (Lipinski definition) is 10. The second-order valence-corrected chi connectivity index (χ2v) is 12.9. The van der Waals surface area contributed by atoms with Crippen LogP contribution in [0.2, 0.25) is 0 Å². The van der Waals surface area contributed by atoms with E-state index >= 15 is 0 Å². The Balaban J connectivity index is 1.29. The quantitative estimate of drug-likeness (QED) is 0.265. The lowest BCUT2D eigenvalue weighted by atomic mass is 10.1. The van der Waals surface area contributed by atoms with Gasteiger partial charge in [-0.1, -0.05) is 70.1 Å². The first-order chi connectivity index (χ1) is 20.9. The Morgan fingerprint density at radius 3 is 1.07 bits per heavy atom. The average molecular weight is 629 g/mol. The van der Waals surface area contributed by atoms with Gasteiger partial charge in [-0.05, 0) is 57.9 Å². The molecule has 0 bridgehead atoms. The Morgan fingerprint density at radius 2 is 0.727 bits per heavy atom. The Kier molecular flexibility index (Phi) is 5.85. The predicted octanol–water partition coefficient (Wildman–Crippen LogP) is 1.85. The summed E-state index contributed by atoms with van der Waals surface area (Å²) in [5.74, 6) is 0. The molecule has 0 amide bonds. The molecule has 2 aromatic heterocycles. The van der Waals surface area contributed by atoms with E-state index < -0.39 is 64.0 Å². The maximum Gasteiger partial charge on any atom is 0.357 e. The molecule has 0 atom stereocenters. The van der Waals surface area contributed by atoms with E-state index in [1.54, 1.807) is 48.5 Å². The summed E-state index contributed by atoms with van der Waals surface area (Å²) in [5, 5.41) is 0.930. The molecular formula is C30H16N2O10S2. The van der Waals surface area contributed by atoms with Crippen LogP contribution in [-0.2, 0) is 20.2 Å². The van der Waals surface area contributed by atoms with Crippen LogP contribution in [-0.4, -0.2) is 26.3 Å². The van der Waals surface area contributed by atoms with E-state index in [1.807, 2.05) is 0 Å². The zero-order valence-corrected chi connectivity index (χ0v) is 23.7. The molecule has 7 aromatic rings. The van der Waals surface area contributed by atoms with Crippen LogP contribution >= 0.6 is 0 Å². The van der Waals surface area contributed by atoms with Crippen molar-refractivity contribution < 1.29 is 25.4 Å². The highest BCUT2D eigenvalue weighted by atomic mass is 32.2. The smallest absolute Gasteiger partial charge is 0.277 e. The van der Waals surface area contributed by atoms with Crippen molar-refractivity contribution in [1.82, 2.24) is 9.46 Å². The molecule has 12 nitrogen and oxygen atoms in total. The monoisotopic (exact) mass is 628 g/mol. The normalized spacial score (nSPS) is 12.4. The number of aromatic nitrogens is 2. The Hall–Kier alpha value is -5.60. The SMILES string of the molecule is O=c1c2cc3c(=O)n(OS(=O)(=O)c4ccc5ccccc5c4)c(=O)c3cc2c(=O)n1OS(=O)(=O)c1ccc2ccccc2c1. The number of benzene rings is 5. The number of hydrogen-bond donors (Lipinski definition) is 0. The van der Waals surface area contributed by atoms with Gasteiger partial charge in [-0.15, -0.1) is 0 Å². The molecule has 0 saturated carbocycles. The summed E-state index contributed by atoms with van der Waals surface area (Å²) in [6.07, 6.45) is 0.